The Morgan fingerprint density at radius 1 is 0.552 bits per heavy atom. The van der Waals surface area contributed by atoms with Crippen molar-refractivity contribution in [1.82, 2.24) is 0 Å². The SMILES string of the molecule is CCC(C)(C)CCC(C)(C)[P+](c1ccccc1)(c1ccccc1)c1ccccc1. The number of rotatable bonds is 8. The highest BCUT2D eigenvalue weighted by Crippen LogP contribution is 2.67. The van der Waals surface area contributed by atoms with Gasteiger partial charge in [-0.15, -0.1) is 0 Å². The summed E-state index contributed by atoms with van der Waals surface area (Å²) in [6.07, 6.45) is 3.67. The van der Waals surface area contributed by atoms with Gasteiger partial charge in [-0.2, -0.15) is 0 Å². The van der Waals surface area contributed by atoms with Crippen LogP contribution in [0.25, 0.3) is 0 Å². The highest BCUT2D eigenvalue weighted by atomic mass is 31.2. The first kappa shape index (κ1) is 21.8. The lowest BCUT2D eigenvalue weighted by Gasteiger charge is -2.42. The second-order valence-electron chi connectivity index (χ2n) is 9.51. The molecule has 3 aromatic carbocycles. The lowest BCUT2D eigenvalue weighted by Crippen LogP contribution is -2.44. The molecule has 3 rings (SSSR count). The van der Waals surface area contributed by atoms with E-state index in [1.807, 2.05) is 0 Å². The molecule has 0 unspecified atom stereocenters. The zero-order chi connectivity index (χ0) is 21.0. The molecule has 0 fully saturated rings. The maximum atomic E-state index is 2.51. The first-order valence-corrected chi connectivity index (χ1v) is 12.7. The Hall–Kier alpha value is -1.91. The van der Waals surface area contributed by atoms with Crippen molar-refractivity contribution in [1.29, 1.82) is 0 Å². The van der Waals surface area contributed by atoms with Gasteiger partial charge in [0.15, 0.2) is 0 Å². The predicted molar refractivity (Wildman–Crippen MR) is 133 cm³/mol. The highest BCUT2D eigenvalue weighted by molar-refractivity contribution is 7.96. The van der Waals surface area contributed by atoms with Crippen LogP contribution in [0.15, 0.2) is 91.0 Å². The Bertz CT molecular complexity index is 783. The second-order valence-corrected chi connectivity index (χ2v) is 13.6. The van der Waals surface area contributed by atoms with Gasteiger partial charge in [0.25, 0.3) is 0 Å². The van der Waals surface area contributed by atoms with E-state index in [-0.39, 0.29) is 5.16 Å². The van der Waals surface area contributed by atoms with Gasteiger partial charge >= 0.3 is 0 Å². The molecule has 1 heteroatoms. The molecule has 0 radical (unpaired) electrons. The second kappa shape index (κ2) is 8.85. The Balaban J connectivity index is 2.28. The quantitative estimate of drug-likeness (QED) is 0.356. The molecule has 0 spiro atoms. The van der Waals surface area contributed by atoms with Gasteiger partial charge in [-0.3, -0.25) is 0 Å². The fraction of sp³-hybridized carbons (Fsp3) is 0.357. The molecule has 0 aliphatic rings. The Morgan fingerprint density at radius 3 is 1.21 bits per heavy atom. The number of hydrogen-bond acceptors (Lipinski definition) is 0. The van der Waals surface area contributed by atoms with Crippen molar-refractivity contribution >= 4 is 23.2 Å². The molecule has 0 aromatic heterocycles. The van der Waals surface area contributed by atoms with Crippen molar-refractivity contribution < 1.29 is 0 Å². The van der Waals surface area contributed by atoms with Crippen LogP contribution in [0.4, 0.5) is 0 Å². The number of hydrogen-bond donors (Lipinski definition) is 0. The summed E-state index contributed by atoms with van der Waals surface area (Å²) in [7, 11) is -1.85. The minimum absolute atomic E-state index is 0.142. The average Bonchev–Trinajstić information content (AvgIpc) is 2.75. The topological polar surface area (TPSA) is 0 Å². The summed E-state index contributed by atoms with van der Waals surface area (Å²) in [5.74, 6) is 0. The van der Waals surface area contributed by atoms with Crippen molar-refractivity contribution in [3.63, 3.8) is 0 Å². The lowest BCUT2D eigenvalue weighted by molar-refractivity contribution is 0.299. The van der Waals surface area contributed by atoms with Gasteiger partial charge in [-0.1, -0.05) is 81.8 Å². The minimum atomic E-state index is -1.85. The van der Waals surface area contributed by atoms with Crippen molar-refractivity contribution in [2.75, 3.05) is 0 Å². The summed E-state index contributed by atoms with van der Waals surface area (Å²) in [6, 6.07) is 33.9. The first-order chi connectivity index (χ1) is 13.8. The van der Waals surface area contributed by atoms with Gasteiger partial charge in [-0.05, 0) is 68.5 Å². The van der Waals surface area contributed by atoms with Gasteiger partial charge in [0, 0.05) is 0 Å². The monoisotopic (exact) mass is 403 g/mol. The molecule has 3 aromatic rings. The molecule has 0 N–H and O–H groups in total. The maximum Gasteiger partial charge on any atom is 0.117 e. The smallest absolute Gasteiger partial charge is 0.0649 e. The third-order valence-electron chi connectivity index (χ3n) is 6.71. The van der Waals surface area contributed by atoms with Crippen LogP contribution in [0.2, 0.25) is 0 Å². The molecule has 29 heavy (non-hydrogen) atoms. The lowest BCUT2D eigenvalue weighted by atomic mass is 9.83. The van der Waals surface area contributed by atoms with Crippen LogP contribution in [-0.4, -0.2) is 5.16 Å². The van der Waals surface area contributed by atoms with Crippen LogP contribution in [0, 0.1) is 5.41 Å². The van der Waals surface area contributed by atoms with E-state index in [0.717, 1.165) is 0 Å². The standard InChI is InChI=1S/C28H36P/c1-6-27(2,3)22-23-28(4,5)29(24-16-10-7-11-17-24,25-18-12-8-13-19-25)26-20-14-9-15-21-26/h7-21H,6,22-23H2,1-5H3/q+1. The van der Waals surface area contributed by atoms with Crippen LogP contribution in [-0.2, 0) is 0 Å². The van der Waals surface area contributed by atoms with Crippen molar-refractivity contribution in [2.45, 2.75) is 59.0 Å². The van der Waals surface area contributed by atoms with Crippen LogP contribution < -0.4 is 15.9 Å². The molecule has 0 atom stereocenters. The van der Waals surface area contributed by atoms with Crippen LogP contribution in [0.3, 0.4) is 0 Å². The first-order valence-electron chi connectivity index (χ1n) is 10.9. The van der Waals surface area contributed by atoms with E-state index in [1.165, 1.54) is 35.2 Å². The molecule has 0 saturated carbocycles. The molecule has 0 aliphatic heterocycles. The van der Waals surface area contributed by atoms with Gasteiger partial charge in [0.05, 0.1) is 5.16 Å². The maximum absolute atomic E-state index is 2.51. The summed E-state index contributed by atoms with van der Waals surface area (Å²) >= 11 is 0. The molecular formula is C28H36P+. The van der Waals surface area contributed by atoms with Crippen molar-refractivity contribution in [2.24, 2.45) is 5.41 Å². The van der Waals surface area contributed by atoms with Crippen molar-refractivity contribution in [3.8, 4) is 0 Å². The van der Waals surface area contributed by atoms with E-state index < -0.39 is 7.26 Å². The molecule has 0 amide bonds. The fourth-order valence-electron chi connectivity index (χ4n) is 4.44. The number of benzene rings is 3. The van der Waals surface area contributed by atoms with Crippen LogP contribution >= 0.6 is 7.26 Å². The Labute approximate surface area is 178 Å². The largest absolute Gasteiger partial charge is 0.117 e. The summed E-state index contributed by atoms with van der Waals surface area (Å²) in [4.78, 5) is 0. The van der Waals surface area contributed by atoms with E-state index in [9.17, 15) is 0 Å². The Morgan fingerprint density at radius 2 is 0.897 bits per heavy atom. The molecule has 0 saturated heterocycles. The van der Waals surface area contributed by atoms with E-state index in [2.05, 4.69) is 126 Å². The van der Waals surface area contributed by atoms with Gasteiger partial charge < -0.3 is 0 Å². The summed E-state index contributed by atoms with van der Waals surface area (Å²) in [5.41, 5.74) is 0.372. The molecule has 152 valence electrons. The van der Waals surface area contributed by atoms with E-state index >= 15 is 0 Å². The fourth-order valence-corrected chi connectivity index (χ4v) is 9.74. The van der Waals surface area contributed by atoms with E-state index in [1.54, 1.807) is 0 Å². The molecule has 0 nitrogen and oxygen atoms in total. The van der Waals surface area contributed by atoms with Gasteiger partial charge in [-0.25, -0.2) is 0 Å². The van der Waals surface area contributed by atoms with E-state index in [4.69, 9.17) is 0 Å². The summed E-state index contributed by atoms with van der Waals surface area (Å²) < 4.78 is 0. The minimum Gasteiger partial charge on any atom is -0.0649 e. The Kier molecular flexibility index (Phi) is 6.65. The molecule has 0 heterocycles. The highest BCUT2D eigenvalue weighted by Gasteiger charge is 2.57. The third-order valence-corrected chi connectivity index (χ3v) is 12.0. The van der Waals surface area contributed by atoms with Gasteiger partial charge in [0.1, 0.15) is 23.2 Å². The zero-order valence-electron chi connectivity index (χ0n) is 18.7. The zero-order valence-corrected chi connectivity index (χ0v) is 19.6. The van der Waals surface area contributed by atoms with Crippen LogP contribution in [0.1, 0.15) is 53.9 Å². The normalized spacial score (nSPS) is 12.7. The van der Waals surface area contributed by atoms with E-state index in [0.29, 0.717) is 5.41 Å². The third kappa shape index (κ3) is 4.34. The summed E-state index contributed by atoms with van der Waals surface area (Å²) in [5, 5.41) is 4.59. The predicted octanol–water partition coefficient (Wildman–Crippen LogP) is 6.98. The van der Waals surface area contributed by atoms with Gasteiger partial charge in [0.2, 0.25) is 0 Å². The average molecular weight is 404 g/mol. The van der Waals surface area contributed by atoms with Crippen LogP contribution in [0.5, 0.6) is 0 Å². The van der Waals surface area contributed by atoms with Crippen molar-refractivity contribution in [3.05, 3.63) is 91.0 Å². The molecule has 0 aliphatic carbocycles. The molecular weight excluding hydrogens is 367 g/mol. The summed E-state index contributed by atoms with van der Waals surface area (Å²) in [6.45, 7) is 12.2. The molecule has 0 bridgehead atoms.